The molecule has 0 aliphatic carbocycles. The van der Waals surface area contributed by atoms with Gasteiger partial charge in [-0.05, 0) is 37.1 Å². The van der Waals surface area contributed by atoms with Gasteiger partial charge in [-0.25, -0.2) is 14.0 Å². The normalized spacial score (nSPS) is 12.1. The number of esters is 2. The van der Waals surface area contributed by atoms with E-state index in [2.05, 4.69) is 5.32 Å². The van der Waals surface area contributed by atoms with Crippen molar-refractivity contribution in [2.24, 2.45) is 0 Å². The van der Waals surface area contributed by atoms with Crippen molar-refractivity contribution in [1.82, 2.24) is 0 Å². The third kappa shape index (κ3) is 7.12. The Morgan fingerprint density at radius 3 is 2.33 bits per heavy atom. The summed E-state index contributed by atoms with van der Waals surface area (Å²) >= 11 is 0. The predicted molar refractivity (Wildman–Crippen MR) is 123 cm³/mol. The van der Waals surface area contributed by atoms with Gasteiger partial charge in [-0.15, -0.1) is 0 Å². The molecule has 2 rings (SSSR count). The highest BCUT2D eigenvalue weighted by Gasteiger charge is 2.36. The van der Waals surface area contributed by atoms with E-state index in [4.69, 9.17) is 9.47 Å². The molecule has 8 heteroatoms. The van der Waals surface area contributed by atoms with Crippen LogP contribution in [0.5, 0.6) is 0 Å². The van der Waals surface area contributed by atoms with Crippen molar-refractivity contribution >= 4 is 23.5 Å². The number of anilines is 1. The van der Waals surface area contributed by atoms with Crippen molar-refractivity contribution in [3.05, 3.63) is 65.0 Å². The molecular weight excluding hydrogens is 427 g/mol. The fraction of sp³-hybridized carbons (Fsp3) is 0.400. The summed E-state index contributed by atoms with van der Waals surface area (Å²) in [7, 11) is 3.53. The molecule has 7 nitrogen and oxygen atoms in total. The third-order valence-electron chi connectivity index (χ3n) is 5.36. The van der Waals surface area contributed by atoms with Crippen LogP contribution in [0.2, 0.25) is 0 Å². The Morgan fingerprint density at radius 2 is 1.73 bits per heavy atom. The molecule has 1 amide bonds. The highest BCUT2D eigenvalue weighted by molar-refractivity contribution is 6.03. The Balaban J connectivity index is 2.15. The standard InChI is InChI=1S/C25H31FN2O5/c1-6-21(28(4,5)15-22(29)33-16-18-11-9-8-10-12-18)24(30)27-23-17(3)13-19(26)14-20(23)25(31)32-7-2/h8-14,21H,6-7,15-16H2,1-5H3/p+1. The summed E-state index contributed by atoms with van der Waals surface area (Å²) in [6, 6.07) is 11.0. The number of ether oxygens (including phenoxy) is 2. The van der Waals surface area contributed by atoms with Crippen LogP contribution in [0.4, 0.5) is 10.1 Å². The molecule has 0 spiro atoms. The van der Waals surface area contributed by atoms with Gasteiger partial charge in [0.2, 0.25) is 0 Å². The molecule has 1 unspecified atom stereocenters. The van der Waals surface area contributed by atoms with Crippen LogP contribution in [-0.4, -0.2) is 55.6 Å². The van der Waals surface area contributed by atoms with Crippen LogP contribution >= 0.6 is 0 Å². The molecule has 2 aromatic rings. The average molecular weight is 460 g/mol. The number of benzene rings is 2. The number of amides is 1. The maximum Gasteiger partial charge on any atom is 0.362 e. The van der Waals surface area contributed by atoms with Crippen LogP contribution < -0.4 is 5.32 Å². The van der Waals surface area contributed by atoms with E-state index < -0.39 is 29.7 Å². The van der Waals surface area contributed by atoms with Gasteiger partial charge in [0.25, 0.3) is 5.91 Å². The number of carbonyl (C=O) groups is 3. The van der Waals surface area contributed by atoms with E-state index in [1.54, 1.807) is 27.9 Å². The second kappa shape index (κ2) is 11.6. The molecule has 0 saturated carbocycles. The van der Waals surface area contributed by atoms with E-state index in [9.17, 15) is 18.8 Å². The SMILES string of the molecule is CCOC(=O)c1cc(F)cc(C)c1NC(=O)C(CC)[N+](C)(C)CC(=O)OCc1ccccc1. The fourth-order valence-corrected chi connectivity index (χ4v) is 3.71. The van der Waals surface area contributed by atoms with Crippen LogP contribution in [0.3, 0.4) is 0 Å². The lowest BCUT2D eigenvalue weighted by atomic mass is 10.1. The summed E-state index contributed by atoms with van der Waals surface area (Å²) in [6.45, 7) is 5.33. The molecule has 178 valence electrons. The van der Waals surface area contributed by atoms with E-state index >= 15 is 0 Å². The minimum Gasteiger partial charge on any atom is -0.462 e. The van der Waals surface area contributed by atoms with E-state index in [0.717, 1.165) is 11.6 Å². The van der Waals surface area contributed by atoms with Gasteiger partial charge in [-0.3, -0.25) is 4.79 Å². The topological polar surface area (TPSA) is 81.7 Å². The van der Waals surface area contributed by atoms with Gasteiger partial charge >= 0.3 is 11.9 Å². The Morgan fingerprint density at radius 1 is 1.06 bits per heavy atom. The summed E-state index contributed by atoms with van der Waals surface area (Å²) in [5, 5.41) is 2.76. The van der Waals surface area contributed by atoms with Crippen LogP contribution in [0.1, 0.15) is 41.8 Å². The lowest BCUT2D eigenvalue weighted by Crippen LogP contribution is -2.56. The lowest BCUT2D eigenvalue weighted by molar-refractivity contribution is -0.898. The van der Waals surface area contributed by atoms with Gasteiger partial charge in [0.05, 0.1) is 32.0 Å². The van der Waals surface area contributed by atoms with E-state index in [1.807, 2.05) is 37.3 Å². The molecule has 0 radical (unpaired) electrons. The molecule has 0 bridgehead atoms. The first-order valence-electron chi connectivity index (χ1n) is 10.9. The molecule has 0 aliphatic rings. The number of halogens is 1. The maximum atomic E-state index is 13.9. The van der Waals surface area contributed by atoms with Crippen molar-refractivity contribution in [2.45, 2.75) is 39.8 Å². The summed E-state index contributed by atoms with van der Waals surface area (Å²) in [5.41, 5.74) is 1.42. The van der Waals surface area contributed by atoms with Crippen molar-refractivity contribution < 1.29 is 32.7 Å². The van der Waals surface area contributed by atoms with Crippen LogP contribution in [0, 0.1) is 12.7 Å². The fourth-order valence-electron chi connectivity index (χ4n) is 3.71. The first-order valence-corrected chi connectivity index (χ1v) is 10.9. The Kier molecular flexibility index (Phi) is 9.11. The monoisotopic (exact) mass is 459 g/mol. The van der Waals surface area contributed by atoms with Crippen molar-refractivity contribution in [3.8, 4) is 0 Å². The second-order valence-corrected chi connectivity index (χ2v) is 8.36. The van der Waals surface area contributed by atoms with Crippen LogP contribution in [-0.2, 0) is 25.7 Å². The highest BCUT2D eigenvalue weighted by atomic mass is 19.1. The first-order chi connectivity index (χ1) is 15.6. The largest absolute Gasteiger partial charge is 0.462 e. The third-order valence-corrected chi connectivity index (χ3v) is 5.36. The highest BCUT2D eigenvalue weighted by Crippen LogP contribution is 2.25. The summed E-state index contributed by atoms with van der Waals surface area (Å²) in [6.07, 6.45) is 0.430. The summed E-state index contributed by atoms with van der Waals surface area (Å²) in [5.74, 6) is -2.14. The van der Waals surface area contributed by atoms with E-state index in [-0.39, 0.29) is 35.5 Å². The molecule has 0 fully saturated rings. The summed E-state index contributed by atoms with van der Waals surface area (Å²) in [4.78, 5) is 38.0. The minimum atomic E-state index is -0.721. The number of nitrogens with one attached hydrogen (secondary N) is 1. The lowest BCUT2D eigenvalue weighted by Gasteiger charge is -2.35. The van der Waals surface area contributed by atoms with Crippen molar-refractivity contribution in [3.63, 3.8) is 0 Å². The molecule has 33 heavy (non-hydrogen) atoms. The molecule has 1 atom stereocenters. The van der Waals surface area contributed by atoms with Crippen molar-refractivity contribution in [1.29, 1.82) is 0 Å². The maximum absolute atomic E-state index is 13.9. The molecule has 0 heterocycles. The Labute approximate surface area is 194 Å². The Hall–Kier alpha value is -3.26. The average Bonchev–Trinajstić information content (AvgIpc) is 2.74. The van der Waals surface area contributed by atoms with E-state index in [1.165, 1.54) is 6.07 Å². The number of hydrogen-bond donors (Lipinski definition) is 1. The zero-order chi connectivity index (χ0) is 24.6. The first kappa shape index (κ1) is 26.0. The van der Waals surface area contributed by atoms with Crippen LogP contribution in [0.15, 0.2) is 42.5 Å². The number of hydrogen-bond acceptors (Lipinski definition) is 5. The smallest absolute Gasteiger partial charge is 0.362 e. The zero-order valence-electron chi connectivity index (χ0n) is 19.8. The number of nitrogens with zero attached hydrogens (tertiary/aromatic N) is 1. The number of aryl methyl sites for hydroxylation is 1. The number of carbonyl (C=O) groups excluding carboxylic acids is 3. The summed E-state index contributed by atoms with van der Waals surface area (Å²) < 4.78 is 24.4. The minimum absolute atomic E-state index is 0.0219. The van der Waals surface area contributed by atoms with Crippen molar-refractivity contribution in [2.75, 3.05) is 32.6 Å². The molecule has 0 aromatic heterocycles. The van der Waals surface area contributed by atoms with Gasteiger partial charge < -0.3 is 19.3 Å². The van der Waals surface area contributed by atoms with Gasteiger partial charge in [0, 0.05) is 6.42 Å². The zero-order valence-corrected chi connectivity index (χ0v) is 19.8. The Bertz CT molecular complexity index is 992. The van der Waals surface area contributed by atoms with Gasteiger partial charge in [0.1, 0.15) is 12.4 Å². The molecule has 0 aliphatic heterocycles. The number of likely N-dealkylation sites (N-methyl/N-ethyl adjacent to an activating group) is 1. The van der Waals surface area contributed by atoms with Crippen LogP contribution in [0.25, 0.3) is 0 Å². The molecule has 2 aromatic carbocycles. The number of rotatable bonds is 10. The van der Waals surface area contributed by atoms with E-state index in [0.29, 0.717) is 12.0 Å². The van der Waals surface area contributed by atoms with Gasteiger partial charge in [-0.1, -0.05) is 37.3 Å². The van der Waals surface area contributed by atoms with Gasteiger partial charge in [0.15, 0.2) is 12.6 Å². The number of quaternary nitrogens is 1. The molecular formula is C25H32FN2O5+. The molecule has 1 N–H and O–H groups in total. The van der Waals surface area contributed by atoms with Gasteiger partial charge in [-0.2, -0.15) is 0 Å². The molecule has 0 saturated heterocycles. The second-order valence-electron chi connectivity index (χ2n) is 8.36. The quantitative estimate of drug-likeness (QED) is 0.431. The predicted octanol–water partition coefficient (Wildman–Crippen LogP) is 3.85.